The molecule has 0 aliphatic carbocycles. The highest BCUT2D eigenvalue weighted by atomic mass is 14.9. The van der Waals surface area contributed by atoms with Crippen molar-refractivity contribution < 1.29 is 0 Å². The van der Waals surface area contributed by atoms with Crippen molar-refractivity contribution in [1.82, 2.24) is 15.0 Å². The van der Waals surface area contributed by atoms with Gasteiger partial charge in [0.1, 0.15) is 11.5 Å². The summed E-state index contributed by atoms with van der Waals surface area (Å²) in [5, 5.41) is 1.07. The lowest BCUT2D eigenvalue weighted by atomic mass is 10.1. The predicted octanol–water partition coefficient (Wildman–Crippen LogP) is 2.89. The van der Waals surface area contributed by atoms with Crippen LogP contribution in [-0.2, 0) is 0 Å². The second-order valence-corrected chi connectivity index (χ2v) is 4.54. The maximum atomic E-state index is 5.98. The van der Waals surface area contributed by atoms with Gasteiger partial charge in [0.15, 0.2) is 0 Å². The molecule has 4 heteroatoms. The minimum atomic E-state index is 0.464. The summed E-state index contributed by atoms with van der Waals surface area (Å²) in [6, 6.07) is 9.93. The molecule has 94 valence electrons. The third-order valence-corrected chi connectivity index (χ3v) is 3.21. The van der Waals surface area contributed by atoms with Crippen LogP contribution in [0.15, 0.2) is 36.5 Å². The van der Waals surface area contributed by atoms with E-state index in [-0.39, 0.29) is 0 Å². The summed E-state index contributed by atoms with van der Waals surface area (Å²) < 4.78 is 0. The molecule has 0 aliphatic heterocycles. The van der Waals surface area contributed by atoms with Crippen LogP contribution in [0, 0.1) is 13.8 Å². The molecule has 2 heterocycles. The van der Waals surface area contributed by atoms with Gasteiger partial charge in [0.05, 0.1) is 16.9 Å². The van der Waals surface area contributed by atoms with Gasteiger partial charge < -0.3 is 5.73 Å². The lowest BCUT2D eigenvalue weighted by Crippen LogP contribution is -2.02. The molecule has 3 aromatic rings. The smallest absolute Gasteiger partial charge is 0.150 e. The van der Waals surface area contributed by atoms with Gasteiger partial charge in [0.25, 0.3) is 0 Å². The third kappa shape index (κ3) is 2.01. The Kier molecular flexibility index (Phi) is 2.63. The van der Waals surface area contributed by atoms with Crippen LogP contribution in [0.2, 0.25) is 0 Å². The first kappa shape index (κ1) is 11.6. The molecule has 3 rings (SSSR count). The Morgan fingerprint density at radius 3 is 2.63 bits per heavy atom. The molecule has 2 aromatic heterocycles. The molecule has 0 saturated carbocycles. The third-order valence-electron chi connectivity index (χ3n) is 3.21. The number of aromatic nitrogens is 3. The second-order valence-electron chi connectivity index (χ2n) is 4.54. The monoisotopic (exact) mass is 250 g/mol. The van der Waals surface area contributed by atoms with Crippen LogP contribution in [0.5, 0.6) is 0 Å². The molecule has 0 fully saturated rings. The second kappa shape index (κ2) is 4.31. The average molecular weight is 250 g/mol. The van der Waals surface area contributed by atoms with Crippen LogP contribution in [0.25, 0.3) is 22.2 Å². The number of aryl methyl sites for hydroxylation is 2. The average Bonchev–Trinajstić information content (AvgIpc) is 2.42. The molecule has 0 saturated heterocycles. The molecule has 1 aromatic carbocycles. The van der Waals surface area contributed by atoms with Crippen LogP contribution in [-0.4, -0.2) is 15.0 Å². The van der Waals surface area contributed by atoms with Gasteiger partial charge in [-0.05, 0) is 32.0 Å². The molecule has 0 unspecified atom stereocenters. The van der Waals surface area contributed by atoms with Gasteiger partial charge in [0.2, 0.25) is 0 Å². The van der Waals surface area contributed by atoms with Gasteiger partial charge in [-0.15, -0.1) is 0 Å². The number of rotatable bonds is 1. The van der Waals surface area contributed by atoms with E-state index in [0.29, 0.717) is 5.82 Å². The van der Waals surface area contributed by atoms with Crippen molar-refractivity contribution in [2.75, 3.05) is 5.73 Å². The van der Waals surface area contributed by atoms with Gasteiger partial charge in [-0.1, -0.05) is 12.1 Å². The number of nitrogens with two attached hydrogens (primary N) is 1. The van der Waals surface area contributed by atoms with E-state index >= 15 is 0 Å². The van der Waals surface area contributed by atoms with E-state index in [1.807, 2.05) is 44.2 Å². The first-order chi connectivity index (χ1) is 9.15. The number of nitrogens with zero attached hydrogens (tertiary/aromatic N) is 3. The molecule has 2 N–H and O–H groups in total. The number of anilines is 1. The van der Waals surface area contributed by atoms with E-state index in [9.17, 15) is 0 Å². The van der Waals surface area contributed by atoms with Crippen molar-refractivity contribution >= 4 is 16.7 Å². The van der Waals surface area contributed by atoms with Gasteiger partial charge in [-0.2, -0.15) is 0 Å². The predicted molar refractivity (Wildman–Crippen MR) is 76.7 cm³/mol. The fraction of sp³-hybridized carbons (Fsp3) is 0.133. The van der Waals surface area contributed by atoms with Crippen molar-refractivity contribution in [3.8, 4) is 11.3 Å². The zero-order valence-electron chi connectivity index (χ0n) is 10.9. The quantitative estimate of drug-likeness (QED) is 0.721. The van der Waals surface area contributed by atoms with Crippen LogP contribution in [0.1, 0.15) is 11.4 Å². The summed E-state index contributed by atoms with van der Waals surface area (Å²) in [6.45, 7) is 3.85. The Morgan fingerprint density at radius 2 is 1.79 bits per heavy atom. The highest BCUT2D eigenvalue weighted by molar-refractivity contribution is 5.85. The minimum absolute atomic E-state index is 0.464. The zero-order chi connectivity index (χ0) is 13.4. The Labute approximate surface area is 111 Å². The van der Waals surface area contributed by atoms with Crippen molar-refractivity contribution in [1.29, 1.82) is 0 Å². The SMILES string of the molecule is Cc1nc(N)c(-c2ccc3ncccc3c2)nc1C. The van der Waals surface area contributed by atoms with E-state index in [2.05, 4.69) is 15.0 Å². The normalized spacial score (nSPS) is 10.8. The number of pyridine rings is 1. The lowest BCUT2D eigenvalue weighted by molar-refractivity contribution is 1.06. The van der Waals surface area contributed by atoms with Gasteiger partial charge in [-0.25, -0.2) is 9.97 Å². The summed E-state index contributed by atoms with van der Waals surface area (Å²) in [5.41, 5.74) is 10.4. The van der Waals surface area contributed by atoms with E-state index in [1.54, 1.807) is 6.20 Å². The lowest BCUT2D eigenvalue weighted by Gasteiger charge is -2.08. The number of hydrogen-bond donors (Lipinski definition) is 1. The molecule has 0 atom stereocenters. The summed E-state index contributed by atoms with van der Waals surface area (Å²) in [4.78, 5) is 13.2. The van der Waals surface area contributed by atoms with Gasteiger partial charge in [-0.3, -0.25) is 4.98 Å². The van der Waals surface area contributed by atoms with Crippen molar-refractivity contribution in [3.05, 3.63) is 47.9 Å². The standard InChI is InChI=1S/C15H14N4/c1-9-10(2)19-15(16)14(18-9)12-5-6-13-11(8-12)4-3-7-17-13/h3-8H,1-2H3,(H2,16,19). The Morgan fingerprint density at radius 1 is 1.00 bits per heavy atom. The van der Waals surface area contributed by atoms with Crippen LogP contribution in [0.3, 0.4) is 0 Å². The summed E-state index contributed by atoms with van der Waals surface area (Å²) >= 11 is 0. The van der Waals surface area contributed by atoms with Crippen LogP contribution >= 0.6 is 0 Å². The zero-order valence-corrected chi connectivity index (χ0v) is 10.9. The van der Waals surface area contributed by atoms with E-state index in [0.717, 1.165) is 33.5 Å². The van der Waals surface area contributed by atoms with Crippen molar-refractivity contribution in [2.24, 2.45) is 0 Å². The number of nitrogen functional groups attached to an aromatic ring is 1. The molecular formula is C15H14N4. The first-order valence-corrected chi connectivity index (χ1v) is 6.11. The molecule has 0 aliphatic rings. The van der Waals surface area contributed by atoms with Crippen LogP contribution in [0.4, 0.5) is 5.82 Å². The molecule has 0 bridgehead atoms. The van der Waals surface area contributed by atoms with E-state index < -0.39 is 0 Å². The summed E-state index contributed by atoms with van der Waals surface area (Å²) in [7, 11) is 0. The number of fused-ring (bicyclic) bond motifs is 1. The minimum Gasteiger partial charge on any atom is -0.382 e. The Hall–Kier alpha value is -2.49. The number of benzene rings is 1. The summed E-state index contributed by atoms with van der Waals surface area (Å²) in [6.07, 6.45) is 1.78. The highest BCUT2D eigenvalue weighted by Crippen LogP contribution is 2.26. The fourth-order valence-corrected chi connectivity index (χ4v) is 2.06. The Balaban J connectivity index is 2.21. The van der Waals surface area contributed by atoms with Crippen LogP contribution < -0.4 is 5.73 Å². The van der Waals surface area contributed by atoms with Gasteiger partial charge >= 0.3 is 0 Å². The molecule has 0 radical (unpaired) electrons. The van der Waals surface area contributed by atoms with E-state index in [4.69, 9.17) is 5.73 Å². The van der Waals surface area contributed by atoms with Crippen molar-refractivity contribution in [3.63, 3.8) is 0 Å². The molecule has 19 heavy (non-hydrogen) atoms. The highest BCUT2D eigenvalue weighted by Gasteiger charge is 2.09. The van der Waals surface area contributed by atoms with Gasteiger partial charge in [0, 0.05) is 17.1 Å². The maximum Gasteiger partial charge on any atom is 0.150 e. The fourth-order valence-electron chi connectivity index (χ4n) is 2.06. The largest absolute Gasteiger partial charge is 0.382 e. The summed E-state index contributed by atoms with van der Waals surface area (Å²) in [5.74, 6) is 0.464. The van der Waals surface area contributed by atoms with E-state index in [1.165, 1.54) is 0 Å². The maximum absolute atomic E-state index is 5.98. The Bertz CT molecular complexity index is 765. The van der Waals surface area contributed by atoms with Crippen molar-refractivity contribution in [2.45, 2.75) is 13.8 Å². The molecule has 4 nitrogen and oxygen atoms in total. The first-order valence-electron chi connectivity index (χ1n) is 6.11. The molecule has 0 spiro atoms. The number of hydrogen-bond acceptors (Lipinski definition) is 4. The topological polar surface area (TPSA) is 64.7 Å². The molecule has 0 amide bonds. The molecular weight excluding hydrogens is 236 g/mol.